The van der Waals surface area contributed by atoms with E-state index < -0.39 is 24.5 Å². The number of para-hydroxylation sites is 1. The molecule has 0 spiro atoms. The summed E-state index contributed by atoms with van der Waals surface area (Å²) in [6.45, 7) is 6.82. The lowest BCUT2D eigenvalue weighted by Gasteiger charge is -2.28. The Kier molecular flexibility index (Phi) is 5.45. The second-order valence-corrected chi connectivity index (χ2v) is 9.16. The zero-order chi connectivity index (χ0) is 22.4. The van der Waals surface area contributed by atoms with Crippen LogP contribution in [-0.4, -0.2) is 41.2 Å². The lowest BCUT2D eigenvalue weighted by atomic mass is 9.85. The normalized spacial score (nSPS) is 27.1. The number of imide groups is 1. The summed E-state index contributed by atoms with van der Waals surface area (Å²) < 4.78 is 5.27. The molecule has 1 aromatic carbocycles. The number of rotatable bonds is 6. The van der Waals surface area contributed by atoms with E-state index in [9.17, 15) is 19.2 Å². The lowest BCUT2D eigenvalue weighted by molar-refractivity contribution is -0.162. The van der Waals surface area contributed by atoms with Crippen LogP contribution in [0.2, 0.25) is 0 Å². The second-order valence-electron chi connectivity index (χ2n) is 9.16. The highest BCUT2D eigenvalue weighted by molar-refractivity contribution is 6.09. The molecule has 0 aromatic heterocycles. The van der Waals surface area contributed by atoms with Crippen LogP contribution in [-0.2, 0) is 23.9 Å². The number of allylic oxidation sites excluding steroid dienone is 2. The maximum atomic E-state index is 13.1. The van der Waals surface area contributed by atoms with Crippen molar-refractivity contribution in [3.8, 4) is 0 Å². The molecule has 1 saturated heterocycles. The number of aryl methyl sites for hydroxylation is 2. The summed E-state index contributed by atoms with van der Waals surface area (Å²) in [5, 5.41) is 2.77. The minimum absolute atomic E-state index is 0.0726. The molecule has 3 amide bonds. The molecule has 3 aliphatic rings. The first kappa shape index (κ1) is 21.3. The molecule has 1 aliphatic heterocycles. The van der Waals surface area contributed by atoms with Crippen LogP contribution in [0.5, 0.6) is 0 Å². The van der Waals surface area contributed by atoms with E-state index in [2.05, 4.69) is 5.32 Å². The van der Waals surface area contributed by atoms with E-state index in [-0.39, 0.29) is 41.4 Å². The van der Waals surface area contributed by atoms with Crippen molar-refractivity contribution >= 4 is 29.4 Å². The Hall–Kier alpha value is -2.96. The molecule has 31 heavy (non-hydrogen) atoms. The van der Waals surface area contributed by atoms with Gasteiger partial charge in [0, 0.05) is 5.69 Å². The third kappa shape index (κ3) is 3.56. The van der Waals surface area contributed by atoms with Gasteiger partial charge in [-0.25, -0.2) is 4.79 Å². The smallest absolute Gasteiger partial charge is 0.330 e. The predicted molar refractivity (Wildman–Crippen MR) is 114 cm³/mol. The van der Waals surface area contributed by atoms with E-state index >= 15 is 0 Å². The van der Waals surface area contributed by atoms with Gasteiger partial charge in [0.1, 0.15) is 6.04 Å². The highest BCUT2D eigenvalue weighted by atomic mass is 16.5. The zero-order valence-corrected chi connectivity index (χ0v) is 18.3. The number of fused-ring (bicyclic) bond motifs is 5. The van der Waals surface area contributed by atoms with Gasteiger partial charge in [-0.05, 0) is 49.1 Å². The van der Waals surface area contributed by atoms with Crippen LogP contribution in [0.1, 0.15) is 31.4 Å². The highest BCUT2D eigenvalue weighted by Crippen LogP contribution is 2.53. The van der Waals surface area contributed by atoms with E-state index in [4.69, 9.17) is 4.74 Å². The third-order valence-electron chi connectivity index (χ3n) is 6.75. The van der Waals surface area contributed by atoms with Crippen LogP contribution in [0.15, 0.2) is 30.4 Å². The fraction of sp³-hybridized carbons (Fsp3) is 0.500. The van der Waals surface area contributed by atoms with Gasteiger partial charge in [0.15, 0.2) is 6.61 Å². The Morgan fingerprint density at radius 1 is 1.06 bits per heavy atom. The van der Waals surface area contributed by atoms with Gasteiger partial charge in [0.2, 0.25) is 11.8 Å². The van der Waals surface area contributed by atoms with Gasteiger partial charge >= 0.3 is 5.97 Å². The van der Waals surface area contributed by atoms with Gasteiger partial charge in [-0.15, -0.1) is 0 Å². The number of nitrogens with zero attached hydrogens (tertiary/aromatic N) is 1. The first-order valence-corrected chi connectivity index (χ1v) is 10.8. The monoisotopic (exact) mass is 424 g/mol. The first-order valence-electron chi connectivity index (χ1n) is 10.8. The van der Waals surface area contributed by atoms with Crippen molar-refractivity contribution in [1.82, 2.24) is 4.90 Å². The molecule has 1 heterocycles. The Balaban J connectivity index is 1.43. The number of hydrogen-bond donors (Lipinski definition) is 1. The minimum atomic E-state index is -1.03. The number of carbonyl (C=O) groups excluding carboxylic acids is 4. The number of benzene rings is 1. The Morgan fingerprint density at radius 2 is 1.61 bits per heavy atom. The Morgan fingerprint density at radius 3 is 2.13 bits per heavy atom. The summed E-state index contributed by atoms with van der Waals surface area (Å²) in [6, 6.07) is 4.63. The molecule has 1 N–H and O–H groups in total. The summed E-state index contributed by atoms with van der Waals surface area (Å²) in [6.07, 6.45) is 4.86. The zero-order valence-electron chi connectivity index (χ0n) is 18.3. The number of hydrogen-bond acceptors (Lipinski definition) is 5. The molecule has 0 unspecified atom stereocenters. The van der Waals surface area contributed by atoms with Crippen molar-refractivity contribution in [2.24, 2.45) is 29.6 Å². The van der Waals surface area contributed by atoms with Crippen molar-refractivity contribution in [1.29, 1.82) is 0 Å². The van der Waals surface area contributed by atoms with Crippen molar-refractivity contribution in [3.63, 3.8) is 0 Å². The van der Waals surface area contributed by atoms with Crippen molar-refractivity contribution in [3.05, 3.63) is 41.5 Å². The van der Waals surface area contributed by atoms with Gasteiger partial charge in [-0.2, -0.15) is 0 Å². The fourth-order valence-corrected chi connectivity index (χ4v) is 5.28. The number of nitrogens with one attached hydrogen (secondary N) is 1. The molecule has 1 saturated carbocycles. The minimum Gasteiger partial charge on any atom is -0.454 e. The largest absolute Gasteiger partial charge is 0.454 e. The number of amides is 3. The molecule has 4 rings (SSSR count). The lowest BCUT2D eigenvalue weighted by Crippen LogP contribution is -2.50. The Bertz CT molecular complexity index is 932. The van der Waals surface area contributed by atoms with Crippen LogP contribution >= 0.6 is 0 Å². The number of anilines is 1. The van der Waals surface area contributed by atoms with Gasteiger partial charge in [0.25, 0.3) is 5.91 Å². The first-order chi connectivity index (χ1) is 14.7. The molecule has 2 bridgehead atoms. The summed E-state index contributed by atoms with van der Waals surface area (Å²) >= 11 is 0. The van der Waals surface area contributed by atoms with E-state index in [1.54, 1.807) is 13.8 Å². The van der Waals surface area contributed by atoms with Gasteiger partial charge < -0.3 is 10.1 Å². The second kappa shape index (κ2) is 7.94. The van der Waals surface area contributed by atoms with E-state index in [0.717, 1.165) is 22.4 Å². The summed E-state index contributed by atoms with van der Waals surface area (Å²) in [5.41, 5.74) is 2.50. The van der Waals surface area contributed by atoms with Crippen LogP contribution in [0, 0.1) is 43.4 Å². The van der Waals surface area contributed by atoms with Crippen molar-refractivity contribution in [2.75, 3.05) is 11.9 Å². The molecule has 7 nitrogen and oxygen atoms in total. The van der Waals surface area contributed by atoms with E-state index in [0.29, 0.717) is 5.69 Å². The molecule has 2 aliphatic carbocycles. The predicted octanol–water partition coefficient (Wildman–Crippen LogP) is 2.62. The van der Waals surface area contributed by atoms with Gasteiger partial charge in [-0.3, -0.25) is 19.3 Å². The molecular formula is C24H28N2O5. The quantitative estimate of drug-likeness (QED) is 0.431. The van der Waals surface area contributed by atoms with Gasteiger partial charge in [0.05, 0.1) is 11.8 Å². The number of carbonyl (C=O) groups is 4. The molecule has 5 atom stereocenters. The highest BCUT2D eigenvalue weighted by Gasteiger charge is 2.61. The molecule has 0 radical (unpaired) electrons. The van der Waals surface area contributed by atoms with Crippen LogP contribution < -0.4 is 5.32 Å². The van der Waals surface area contributed by atoms with Crippen LogP contribution in [0.25, 0.3) is 0 Å². The fourth-order valence-electron chi connectivity index (χ4n) is 5.28. The maximum absolute atomic E-state index is 13.1. The average molecular weight is 424 g/mol. The average Bonchev–Trinajstić information content (AvgIpc) is 3.39. The summed E-state index contributed by atoms with van der Waals surface area (Å²) in [5.74, 6) is -2.70. The molecule has 7 heteroatoms. The van der Waals surface area contributed by atoms with Crippen molar-refractivity contribution in [2.45, 2.75) is 40.2 Å². The summed E-state index contributed by atoms with van der Waals surface area (Å²) in [4.78, 5) is 52.5. The topological polar surface area (TPSA) is 92.8 Å². The molecule has 1 aromatic rings. The van der Waals surface area contributed by atoms with Crippen LogP contribution in [0.4, 0.5) is 5.69 Å². The Labute approximate surface area is 181 Å². The van der Waals surface area contributed by atoms with E-state index in [1.807, 2.05) is 44.2 Å². The molecular weight excluding hydrogens is 396 g/mol. The maximum Gasteiger partial charge on any atom is 0.330 e. The summed E-state index contributed by atoms with van der Waals surface area (Å²) in [7, 11) is 0. The number of esters is 1. The van der Waals surface area contributed by atoms with Gasteiger partial charge in [-0.1, -0.05) is 44.2 Å². The van der Waals surface area contributed by atoms with Crippen LogP contribution in [0.3, 0.4) is 0 Å². The standard InChI is InChI=1S/C24H28N2O5/c1-12(2)21(26-22(28)18-15-8-9-16(10-15)19(18)23(26)29)24(30)31-11-17(27)25-20-13(3)6-5-7-14(20)4/h5-9,12,15-16,18-19,21H,10-11H2,1-4H3,(H,25,27)/t15-,16-,18-,19+,21-/m0/s1. The molecule has 2 fully saturated rings. The number of ether oxygens (including phenoxy) is 1. The third-order valence-corrected chi connectivity index (χ3v) is 6.75. The molecule has 164 valence electrons. The van der Waals surface area contributed by atoms with E-state index in [1.165, 1.54) is 0 Å². The SMILES string of the molecule is Cc1cccc(C)c1NC(=O)COC(=O)[C@H](C(C)C)N1C(=O)[C@@H]2[C@H](C1=O)[C@H]1C=C[C@H]2C1. The van der Waals surface area contributed by atoms with Crippen molar-refractivity contribution < 1.29 is 23.9 Å². The number of likely N-dealkylation sites (tertiary alicyclic amines) is 1.